The summed E-state index contributed by atoms with van der Waals surface area (Å²) in [6, 6.07) is 10.8. The van der Waals surface area contributed by atoms with Gasteiger partial charge in [0, 0.05) is 13.1 Å². The molecule has 0 aliphatic carbocycles. The summed E-state index contributed by atoms with van der Waals surface area (Å²) in [5, 5.41) is 0. The van der Waals surface area contributed by atoms with E-state index in [1.54, 1.807) is 0 Å². The lowest BCUT2D eigenvalue weighted by Crippen LogP contribution is -2.15. The van der Waals surface area contributed by atoms with E-state index < -0.39 is 0 Å². The van der Waals surface area contributed by atoms with Gasteiger partial charge in [0.25, 0.3) is 0 Å². The van der Waals surface area contributed by atoms with Crippen molar-refractivity contribution in [1.29, 1.82) is 0 Å². The van der Waals surface area contributed by atoms with Crippen LogP contribution in [0.2, 0.25) is 0 Å². The Hall–Kier alpha value is -0.390. The fraction of sp³-hybridized carbons (Fsp3) is 0.600. The van der Waals surface area contributed by atoms with E-state index in [0.29, 0.717) is 5.92 Å². The van der Waals surface area contributed by atoms with Crippen LogP contribution in [0, 0.1) is 0 Å². The Morgan fingerprint density at radius 1 is 1.12 bits per heavy atom. The third kappa shape index (κ3) is 7.52. The summed E-state index contributed by atoms with van der Waals surface area (Å²) in [6.07, 6.45) is 2.46. The standard InChI is InChI=1S/C13H22NP.C2H6/c1-3-10-14(15)11-9-12(2)13-7-5-4-6-8-13;1-2/h4-8,12H,3,9-11,15H2,1-2H3;1-2H3. The van der Waals surface area contributed by atoms with Crippen molar-refractivity contribution in [2.45, 2.75) is 46.5 Å². The predicted octanol–water partition coefficient (Wildman–Crippen LogP) is 4.71. The van der Waals surface area contributed by atoms with Crippen molar-refractivity contribution in [2.75, 3.05) is 13.1 Å². The van der Waals surface area contributed by atoms with Crippen LogP contribution in [0.3, 0.4) is 0 Å². The maximum Gasteiger partial charge on any atom is 0.00219 e. The van der Waals surface area contributed by atoms with E-state index in [1.807, 2.05) is 13.8 Å². The lowest BCUT2D eigenvalue weighted by Gasteiger charge is -2.18. The maximum absolute atomic E-state index is 2.82. The van der Waals surface area contributed by atoms with Crippen molar-refractivity contribution in [3.63, 3.8) is 0 Å². The normalized spacial score (nSPS) is 11.9. The monoisotopic (exact) mass is 253 g/mol. The molecule has 0 radical (unpaired) electrons. The van der Waals surface area contributed by atoms with Crippen molar-refractivity contribution in [1.82, 2.24) is 4.67 Å². The number of hydrogen-bond donors (Lipinski definition) is 0. The van der Waals surface area contributed by atoms with Gasteiger partial charge in [-0.3, -0.25) is 4.67 Å². The minimum atomic E-state index is 0.658. The molecule has 1 rings (SSSR count). The average Bonchev–Trinajstić information content (AvgIpc) is 2.40. The van der Waals surface area contributed by atoms with Gasteiger partial charge in [-0.2, -0.15) is 0 Å². The second kappa shape index (κ2) is 10.7. The van der Waals surface area contributed by atoms with E-state index in [2.05, 4.69) is 58.2 Å². The number of nitrogens with zero attached hydrogens (tertiary/aromatic N) is 1. The molecule has 0 heterocycles. The Kier molecular flexibility index (Phi) is 10.5. The molecule has 98 valence electrons. The summed E-state index contributed by atoms with van der Waals surface area (Å²) in [5.41, 5.74) is 1.45. The first-order chi connectivity index (χ1) is 8.24. The van der Waals surface area contributed by atoms with Crippen LogP contribution in [-0.2, 0) is 0 Å². The van der Waals surface area contributed by atoms with Crippen molar-refractivity contribution in [3.05, 3.63) is 35.9 Å². The van der Waals surface area contributed by atoms with Crippen molar-refractivity contribution < 1.29 is 0 Å². The van der Waals surface area contributed by atoms with E-state index in [9.17, 15) is 0 Å². The summed E-state index contributed by atoms with van der Waals surface area (Å²) in [6.45, 7) is 10.9. The summed E-state index contributed by atoms with van der Waals surface area (Å²) >= 11 is 0. The topological polar surface area (TPSA) is 3.24 Å². The Morgan fingerprint density at radius 3 is 2.24 bits per heavy atom. The highest BCUT2D eigenvalue weighted by molar-refractivity contribution is 7.13. The van der Waals surface area contributed by atoms with Crippen LogP contribution < -0.4 is 0 Å². The molecule has 0 bridgehead atoms. The van der Waals surface area contributed by atoms with Crippen LogP contribution in [0.15, 0.2) is 30.3 Å². The average molecular weight is 253 g/mol. The van der Waals surface area contributed by atoms with Crippen LogP contribution in [0.4, 0.5) is 0 Å². The third-order valence-corrected chi connectivity index (χ3v) is 3.25. The number of hydrogen-bond acceptors (Lipinski definition) is 1. The smallest absolute Gasteiger partial charge is 0.00219 e. The van der Waals surface area contributed by atoms with E-state index in [0.717, 1.165) is 6.54 Å². The van der Waals surface area contributed by atoms with Gasteiger partial charge >= 0.3 is 0 Å². The molecular formula is C15H28NP. The summed E-state index contributed by atoms with van der Waals surface area (Å²) in [4.78, 5) is 0. The molecule has 0 spiro atoms. The predicted molar refractivity (Wildman–Crippen MR) is 82.4 cm³/mol. The second-order valence-electron chi connectivity index (χ2n) is 4.14. The van der Waals surface area contributed by atoms with Gasteiger partial charge in [0.2, 0.25) is 0 Å². The molecule has 0 fully saturated rings. The van der Waals surface area contributed by atoms with Crippen LogP contribution >= 0.6 is 9.39 Å². The first kappa shape index (κ1) is 16.6. The lowest BCUT2D eigenvalue weighted by atomic mass is 9.98. The van der Waals surface area contributed by atoms with Gasteiger partial charge in [0.15, 0.2) is 0 Å². The summed E-state index contributed by atoms with van der Waals surface area (Å²) in [7, 11) is 2.82. The Morgan fingerprint density at radius 2 is 1.71 bits per heavy atom. The largest absolute Gasteiger partial charge is 0.287 e. The molecule has 2 unspecified atom stereocenters. The van der Waals surface area contributed by atoms with Gasteiger partial charge in [-0.1, -0.05) is 67.4 Å². The van der Waals surface area contributed by atoms with Gasteiger partial charge in [-0.15, -0.1) is 0 Å². The van der Waals surface area contributed by atoms with Gasteiger partial charge in [0.1, 0.15) is 0 Å². The molecule has 0 saturated carbocycles. The highest BCUT2D eigenvalue weighted by atomic mass is 31.0. The van der Waals surface area contributed by atoms with Crippen LogP contribution in [0.1, 0.15) is 52.0 Å². The number of rotatable bonds is 6. The van der Waals surface area contributed by atoms with Gasteiger partial charge < -0.3 is 0 Å². The zero-order valence-electron chi connectivity index (χ0n) is 11.8. The molecule has 2 atom stereocenters. The number of benzene rings is 1. The quantitative estimate of drug-likeness (QED) is 0.664. The van der Waals surface area contributed by atoms with Gasteiger partial charge in [-0.25, -0.2) is 0 Å². The fourth-order valence-corrected chi connectivity index (χ4v) is 2.11. The molecule has 0 aliphatic rings. The molecule has 0 aliphatic heterocycles. The first-order valence-corrected chi connectivity index (χ1v) is 7.30. The van der Waals surface area contributed by atoms with Crippen LogP contribution in [0.5, 0.6) is 0 Å². The molecule has 0 amide bonds. The van der Waals surface area contributed by atoms with E-state index in [1.165, 1.54) is 24.9 Å². The van der Waals surface area contributed by atoms with Gasteiger partial charge in [-0.05, 0) is 24.3 Å². The Bertz CT molecular complexity index is 261. The van der Waals surface area contributed by atoms with Crippen molar-refractivity contribution in [2.24, 2.45) is 0 Å². The van der Waals surface area contributed by atoms with E-state index in [4.69, 9.17) is 0 Å². The molecule has 17 heavy (non-hydrogen) atoms. The zero-order valence-corrected chi connectivity index (χ0v) is 13.0. The fourth-order valence-electron chi connectivity index (χ4n) is 1.71. The molecule has 1 nitrogen and oxygen atoms in total. The molecule has 0 aromatic heterocycles. The Labute approximate surface area is 110 Å². The minimum Gasteiger partial charge on any atom is -0.287 e. The minimum absolute atomic E-state index is 0.658. The Balaban J connectivity index is 0.00000121. The van der Waals surface area contributed by atoms with E-state index in [-0.39, 0.29) is 0 Å². The summed E-state index contributed by atoms with van der Waals surface area (Å²) < 4.78 is 2.33. The molecule has 0 N–H and O–H groups in total. The molecule has 1 aromatic rings. The highest BCUT2D eigenvalue weighted by Gasteiger charge is 2.05. The zero-order chi connectivity index (χ0) is 13.1. The highest BCUT2D eigenvalue weighted by Crippen LogP contribution is 2.19. The third-order valence-electron chi connectivity index (χ3n) is 2.73. The lowest BCUT2D eigenvalue weighted by molar-refractivity contribution is 0.439. The molecule has 1 aromatic carbocycles. The van der Waals surface area contributed by atoms with Crippen molar-refractivity contribution in [3.8, 4) is 0 Å². The van der Waals surface area contributed by atoms with Crippen LogP contribution in [0.25, 0.3) is 0 Å². The molecular weight excluding hydrogens is 225 g/mol. The van der Waals surface area contributed by atoms with Crippen molar-refractivity contribution >= 4 is 9.39 Å². The molecule has 0 saturated heterocycles. The molecule has 2 heteroatoms. The van der Waals surface area contributed by atoms with E-state index >= 15 is 0 Å². The van der Waals surface area contributed by atoms with Crippen LogP contribution in [-0.4, -0.2) is 17.8 Å². The van der Waals surface area contributed by atoms with Gasteiger partial charge in [0.05, 0.1) is 0 Å². The maximum atomic E-state index is 2.82. The SMILES string of the molecule is CC.CCCN(P)CCC(C)c1ccccc1. The first-order valence-electron chi connectivity index (χ1n) is 6.78. The second-order valence-corrected chi connectivity index (χ2v) is 4.87. The summed E-state index contributed by atoms with van der Waals surface area (Å²) in [5.74, 6) is 0.658.